The van der Waals surface area contributed by atoms with Crippen molar-refractivity contribution in [1.29, 1.82) is 0 Å². The molecule has 3 heteroatoms. The predicted octanol–water partition coefficient (Wildman–Crippen LogP) is 1.18. The van der Waals surface area contributed by atoms with Gasteiger partial charge in [0, 0.05) is 12.6 Å². The number of nitrogens with zero attached hydrogens (tertiary/aromatic N) is 1. The van der Waals surface area contributed by atoms with Gasteiger partial charge < -0.3 is 10.0 Å². The van der Waals surface area contributed by atoms with Crippen molar-refractivity contribution in [3.8, 4) is 0 Å². The van der Waals surface area contributed by atoms with E-state index in [-0.39, 0.29) is 5.91 Å². The maximum atomic E-state index is 11.7. The summed E-state index contributed by atoms with van der Waals surface area (Å²) < 4.78 is 0. The van der Waals surface area contributed by atoms with Gasteiger partial charge in [-0.2, -0.15) is 0 Å². The summed E-state index contributed by atoms with van der Waals surface area (Å²) >= 11 is 0. The average Bonchev–Trinajstić information content (AvgIpc) is 2.28. The molecular formula is C11H13NO2. The number of carbonyl (C=O) groups excluding carboxylic acids is 1. The Morgan fingerprint density at radius 3 is 2.71 bits per heavy atom. The van der Waals surface area contributed by atoms with E-state index in [4.69, 9.17) is 0 Å². The summed E-state index contributed by atoms with van der Waals surface area (Å²) in [5.74, 6) is -0.266. The fourth-order valence-corrected chi connectivity index (χ4v) is 1.88. The van der Waals surface area contributed by atoms with E-state index >= 15 is 0 Å². The Labute approximate surface area is 83.0 Å². The minimum atomic E-state index is -1.36. The maximum Gasteiger partial charge on any atom is 0.263 e. The Kier molecular flexibility index (Phi) is 1.70. The van der Waals surface area contributed by atoms with E-state index in [1.165, 1.54) is 11.8 Å². The molecule has 3 nitrogen and oxygen atoms in total. The SMILES string of the molecule is Cc1ccc2c(c1)N(C)C(=O)C2(C)O. The van der Waals surface area contributed by atoms with E-state index in [2.05, 4.69) is 0 Å². The third-order valence-electron chi connectivity index (χ3n) is 2.76. The van der Waals surface area contributed by atoms with Crippen LogP contribution in [0.15, 0.2) is 18.2 Å². The molecule has 0 aliphatic carbocycles. The molecule has 14 heavy (non-hydrogen) atoms. The molecule has 1 aromatic carbocycles. The second-order valence-corrected chi connectivity index (χ2v) is 3.96. The summed E-state index contributed by atoms with van der Waals surface area (Å²) in [5.41, 5.74) is 1.22. The van der Waals surface area contributed by atoms with Gasteiger partial charge in [-0.25, -0.2) is 0 Å². The molecule has 2 rings (SSSR count). The molecule has 0 aromatic heterocycles. The molecule has 1 N–H and O–H groups in total. The van der Waals surface area contributed by atoms with Crippen LogP contribution < -0.4 is 4.90 Å². The number of amides is 1. The lowest BCUT2D eigenvalue weighted by Crippen LogP contribution is -2.35. The van der Waals surface area contributed by atoms with E-state index < -0.39 is 5.60 Å². The van der Waals surface area contributed by atoms with Crippen LogP contribution in [0.3, 0.4) is 0 Å². The van der Waals surface area contributed by atoms with Crippen LogP contribution in [0.5, 0.6) is 0 Å². The van der Waals surface area contributed by atoms with Crippen LogP contribution in [0.4, 0.5) is 5.69 Å². The van der Waals surface area contributed by atoms with Gasteiger partial charge in [0.15, 0.2) is 5.60 Å². The molecule has 1 amide bonds. The van der Waals surface area contributed by atoms with E-state index in [1.54, 1.807) is 7.05 Å². The first-order chi connectivity index (χ1) is 6.44. The van der Waals surface area contributed by atoms with Gasteiger partial charge in [-0.15, -0.1) is 0 Å². The summed E-state index contributed by atoms with van der Waals surface area (Å²) in [7, 11) is 1.68. The van der Waals surface area contributed by atoms with Crippen LogP contribution in [0, 0.1) is 6.92 Å². The van der Waals surface area contributed by atoms with Crippen molar-refractivity contribution < 1.29 is 9.90 Å². The molecule has 0 fully saturated rings. The molecule has 1 heterocycles. The molecular weight excluding hydrogens is 178 g/mol. The molecule has 74 valence electrons. The first kappa shape index (κ1) is 9.21. The number of hydrogen-bond donors (Lipinski definition) is 1. The summed E-state index contributed by atoms with van der Waals surface area (Å²) in [6, 6.07) is 5.63. The molecule has 0 spiro atoms. The molecule has 0 radical (unpaired) electrons. The number of hydrogen-bond acceptors (Lipinski definition) is 2. The topological polar surface area (TPSA) is 40.5 Å². The van der Waals surface area contributed by atoms with E-state index in [0.717, 1.165) is 11.3 Å². The smallest absolute Gasteiger partial charge is 0.263 e. The van der Waals surface area contributed by atoms with E-state index in [0.29, 0.717) is 5.56 Å². The number of fused-ring (bicyclic) bond motifs is 1. The number of likely N-dealkylation sites (N-methyl/N-ethyl adjacent to an activating group) is 1. The monoisotopic (exact) mass is 191 g/mol. The van der Waals surface area contributed by atoms with Crippen LogP contribution in [0.2, 0.25) is 0 Å². The molecule has 1 aromatic rings. The van der Waals surface area contributed by atoms with Gasteiger partial charge in [-0.1, -0.05) is 12.1 Å². The molecule has 1 aliphatic rings. The third kappa shape index (κ3) is 0.990. The first-order valence-electron chi connectivity index (χ1n) is 4.56. The largest absolute Gasteiger partial charge is 0.375 e. The highest BCUT2D eigenvalue weighted by Crippen LogP contribution is 2.39. The summed E-state index contributed by atoms with van der Waals surface area (Å²) in [4.78, 5) is 13.2. The van der Waals surface area contributed by atoms with Crippen LogP contribution in [0.25, 0.3) is 0 Å². The van der Waals surface area contributed by atoms with E-state index in [9.17, 15) is 9.90 Å². The lowest BCUT2D eigenvalue weighted by molar-refractivity contribution is -0.133. The van der Waals surface area contributed by atoms with Gasteiger partial charge in [0.1, 0.15) is 0 Å². The van der Waals surface area contributed by atoms with Crippen LogP contribution >= 0.6 is 0 Å². The highest BCUT2D eigenvalue weighted by Gasteiger charge is 2.44. The Morgan fingerprint density at radius 2 is 2.07 bits per heavy atom. The zero-order valence-electron chi connectivity index (χ0n) is 8.53. The number of carbonyl (C=O) groups is 1. The third-order valence-corrected chi connectivity index (χ3v) is 2.76. The van der Waals surface area contributed by atoms with Crippen LogP contribution in [-0.2, 0) is 10.4 Å². The number of aliphatic hydroxyl groups is 1. The van der Waals surface area contributed by atoms with Crippen molar-refractivity contribution in [2.45, 2.75) is 19.4 Å². The zero-order valence-corrected chi connectivity index (χ0v) is 8.53. The summed E-state index contributed by atoms with van der Waals surface area (Å²) in [6.45, 7) is 3.50. The lowest BCUT2D eigenvalue weighted by atomic mass is 9.97. The Hall–Kier alpha value is -1.35. The minimum Gasteiger partial charge on any atom is -0.375 e. The van der Waals surface area contributed by atoms with Gasteiger partial charge in [0.05, 0.1) is 5.69 Å². The highest BCUT2D eigenvalue weighted by atomic mass is 16.3. The molecule has 0 bridgehead atoms. The minimum absolute atomic E-state index is 0.266. The second kappa shape index (κ2) is 2.58. The van der Waals surface area contributed by atoms with Crippen molar-refractivity contribution in [2.75, 3.05) is 11.9 Å². The standard InChI is InChI=1S/C11H13NO2/c1-7-4-5-8-9(6-7)12(3)10(13)11(8,2)14/h4-6,14H,1-3H3. The highest BCUT2D eigenvalue weighted by molar-refractivity contribution is 6.06. The van der Waals surface area contributed by atoms with Crippen molar-refractivity contribution in [3.05, 3.63) is 29.3 Å². The summed E-state index contributed by atoms with van der Waals surface area (Å²) in [5, 5.41) is 9.99. The molecule has 1 atom stereocenters. The molecule has 1 aliphatic heterocycles. The Bertz CT molecular complexity index is 410. The van der Waals surface area contributed by atoms with Gasteiger partial charge in [-0.3, -0.25) is 4.79 Å². The fraction of sp³-hybridized carbons (Fsp3) is 0.364. The number of aryl methyl sites for hydroxylation is 1. The quantitative estimate of drug-likeness (QED) is 0.669. The normalized spacial score (nSPS) is 25.4. The average molecular weight is 191 g/mol. The Balaban J connectivity index is 2.68. The first-order valence-corrected chi connectivity index (χ1v) is 4.56. The predicted molar refractivity (Wildman–Crippen MR) is 54.2 cm³/mol. The van der Waals surface area contributed by atoms with Crippen molar-refractivity contribution in [3.63, 3.8) is 0 Å². The van der Waals surface area contributed by atoms with Crippen molar-refractivity contribution >= 4 is 11.6 Å². The van der Waals surface area contributed by atoms with Crippen molar-refractivity contribution in [2.24, 2.45) is 0 Å². The lowest BCUT2D eigenvalue weighted by Gasteiger charge is -2.14. The van der Waals surface area contributed by atoms with Crippen molar-refractivity contribution in [1.82, 2.24) is 0 Å². The second-order valence-electron chi connectivity index (χ2n) is 3.96. The van der Waals surface area contributed by atoms with Gasteiger partial charge in [0.2, 0.25) is 0 Å². The number of rotatable bonds is 0. The van der Waals surface area contributed by atoms with Crippen LogP contribution in [-0.4, -0.2) is 18.1 Å². The van der Waals surface area contributed by atoms with Gasteiger partial charge >= 0.3 is 0 Å². The summed E-state index contributed by atoms with van der Waals surface area (Å²) in [6.07, 6.45) is 0. The number of anilines is 1. The molecule has 1 unspecified atom stereocenters. The van der Waals surface area contributed by atoms with Crippen LogP contribution in [0.1, 0.15) is 18.1 Å². The van der Waals surface area contributed by atoms with E-state index in [1.807, 2.05) is 25.1 Å². The zero-order chi connectivity index (χ0) is 10.5. The maximum absolute atomic E-state index is 11.7. The Morgan fingerprint density at radius 1 is 1.43 bits per heavy atom. The molecule has 0 saturated heterocycles. The van der Waals surface area contributed by atoms with Gasteiger partial charge in [-0.05, 0) is 25.5 Å². The number of benzene rings is 1. The van der Waals surface area contributed by atoms with Gasteiger partial charge in [0.25, 0.3) is 5.91 Å². The molecule has 0 saturated carbocycles. The fourth-order valence-electron chi connectivity index (χ4n) is 1.88.